The summed E-state index contributed by atoms with van der Waals surface area (Å²) in [6.45, 7) is 0.724. The van der Waals surface area contributed by atoms with Gasteiger partial charge in [0.05, 0.1) is 0 Å². The van der Waals surface area contributed by atoms with Gasteiger partial charge in [-0.15, -0.1) is 5.10 Å². The number of nitriles is 1. The summed E-state index contributed by atoms with van der Waals surface area (Å²) in [7, 11) is 0. The molecule has 0 saturated carbocycles. The van der Waals surface area contributed by atoms with Crippen LogP contribution in [0.4, 0.5) is 0 Å². The van der Waals surface area contributed by atoms with Gasteiger partial charge in [-0.05, 0) is 24.1 Å². The van der Waals surface area contributed by atoms with Crippen molar-refractivity contribution >= 4 is 22.0 Å². The summed E-state index contributed by atoms with van der Waals surface area (Å²) in [5, 5.41) is 12.6. The van der Waals surface area contributed by atoms with E-state index in [9.17, 15) is 0 Å². The summed E-state index contributed by atoms with van der Waals surface area (Å²) in [4.78, 5) is 3.84. The Morgan fingerprint density at radius 2 is 2.11 bits per heavy atom. The fourth-order valence-corrected chi connectivity index (χ4v) is 1.72. The number of aryl methyl sites for hydroxylation is 1. The van der Waals surface area contributed by atoms with Crippen molar-refractivity contribution in [3.05, 3.63) is 52.5 Å². The van der Waals surface area contributed by atoms with Gasteiger partial charge >= 0.3 is 0 Å². The number of nitrogens with zero attached hydrogens (tertiary/aromatic N) is 4. The minimum absolute atomic E-state index is 0.215. The normalized spacial score (nSPS) is 10.7. The zero-order chi connectivity index (χ0) is 12.8. The summed E-state index contributed by atoms with van der Waals surface area (Å²) in [6.07, 6.45) is 6.57. The first-order valence-corrected chi connectivity index (χ1v) is 6.29. The Morgan fingerprint density at radius 3 is 2.78 bits per heavy atom. The molecule has 18 heavy (non-hydrogen) atoms. The zero-order valence-corrected chi connectivity index (χ0v) is 11.2. The molecule has 1 heterocycles. The highest BCUT2D eigenvalue weighted by molar-refractivity contribution is 9.10. The molecule has 0 aliphatic carbocycles. The van der Waals surface area contributed by atoms with E-state index in [-0.39, 0.29) is 5.82 Å². The van der Waals surface area contributed by atoms with Crippen LogP contribution in [0.2, 0.25) is 0 Å². The second-order valence-corrected chi connectivity index (χ2v) is 4.60. The molecule has 0 atom stereocenters. The number of hydrogen-bond acceptors (Lipinski definition) is 3. The molecule has 0 saturated heterocycles. The van der Waals surface area contributed by atoms with Crippen molar-refractivity contribution in [1.82, 2.24) is 14.8 Å². The van der Waals surface area contributed by atoms with E-state index in [1.54, 1.807) is 11.0 Å². The molecule has 5 heteroatoms. The number of aromatic nitrogens is 3. The van der Waals surface area contributed by atoms with Crippen LogP contribution in [0.5, 0.6) is 0 Å². The third-order valence-electron chi connectivity index (χ3n) is 2.34. The van der Waals surface area contributed by atoms with Crippen molar-refractivity contribution in [2.75, 3.05) is 0 Å². The molecule has 0 radical (unpaired) electrons. The summed E-state index contributed by atoms with van der Waals surface area (Å²) >= 11 is 3.40. The average Bonchev–Trinajstić information content (AvgIpc) is 2.85. The van der Waals surface area contributed by atoms with Crippen LogP contribution in [-0.2, 0) is 6.54 Å². The van der Waals surface area contributed by atoms with Crippen LogP contribution < -0.4 is 0 Å². The van der Waals surface area contributed by atoms with E-state index in [1.807, 2.05) is 30.3 Å². The van der Waals surface area contributed by atoms with Gasteiger partial charge in [-0.25, -0.2) is 4.98 Å². The highest BCUT2D eigenvalue weighted by Crippen LogP contribution is 2.11. The van der Waals surface area contributed by atoms with Crippen molar-refractivity contribution in [3.63, 3.8) is 0 Å². The fourth-order valence-electron chi connectivity index (χ4n) is 1.45. The molecular weight excluding hydrogens is 292 g/mol. The predicted molar refractivity (Wildman–Crippen MR) is 72.5 cm³/mol. The lowest BCUT2D eigenvalue weighted by atomic mass is 10.2. The number of allylic oxidation sites excluding steroid dienone is 1. The highest BCUT2D eigenvalue weighted by Gasteiger charge is 1.96. The minimum Gasteiger partial charge on any atom is -0.251 e. The predicted octanol–water partition coefficient (Wildman–Crippen LogP) is 3.02. The maximum atomic E-state index is 8.59. The quantitative estimate of drug-likeness (QED) is 0.872. The molecule has 0 spiro atoms. The van der Waals surface area contributed by atoms with E-state index in [4.69, 9.17) is 5.26 Å². The minimum atomic E-state index is 0.215. The molecule has 0 amide bonds. The van der Waals surface area contributed by atoms with Crippen molar-refractivity contribution < 1.29 is 0 Å². The van der Waals surface area contributed by atoms with Gasteiger partial charge < -0.3 is 0 Å². The van der Waals surface area contributed by atoms with Gasteiger partial charge in [0.15, 0.2) is 0 Å². The lowest BCUT2D eigenvalue weighted by molar-refractivity contribution is 0.621. The molecule has 0 bridgehead atoms. The first kappa shape index (κ1) is 12.5. The molecule has 2 aromatic rings. The van der Waals surface area contributed by atoms with Crippen LogP contribution in [0.15, 0.2) is 41.1 Å². The summed E-state index contributed by atoms with van der Waals surface area (Å²) in [6, 6.07) is 10.0. The van der Waals surface area contributed by atoms with Gasteiger partial charge in [-0.1, -0.05) is 40.2 Å². The first-order valence-electron chi connectivity index (χ1n) is 5.49. The SMILES string of the molecule is N#Cc1ncn(CC/C=C\c2ccc(Br)cc2)n1. The van der Waals surface area contributed by atoms with Crippen LogP contribution in [0.1, 0.15) is 17.8 Å². The Balaban J connectivity index is 1.85. The van der Waals surface area contributed by atoms with Crippen molar-refractivity contribution in [3.8, 4) is 6.07 Å². The van der Waals surface area contributed by atoms with Crippen LogP contribution in [0.3, 0.4) is 0 Å². The number of benzene rings is 1. The highest BCUT2D eigenvalue weighted by atomic mass is 79.9. The van der Waals surface area contributed by atoms with Gasteiger partial charge in [0.1, 0.15) is 12.4 Å². The molecule has 4 nitrogen and oxygen atoms in total. The summed E-state index contributed by atoms with van der Waals surface area (Å²) < 4.78 is 2.75. The van der Waals surface area contributed by atoms with E-state index in [0.717, 1.165) is 23.0 Å². The lowest BCUT2D eigenvalue weighted by Crippen LogP contribution is -1.97. The van der Waals surface area contributed by atoms with Gasteiger partial charge in [0.2, 0.25) is 0 Å². The first-order chi connectivity index (χ1) is 8.78. The van der Waals surface area contributed by atoms with Crippen LogP contribution >= 0.6 is 15.9 Å². The third-order valence-corrected chi connectivity index (χ3v) is 2.87. The topological polar surface area (TPSA) is 54.5 Å². The number of hydrogen-bond donors (Lipinski definition) is 0. The van der Waals surface area contributed by atoms with Gasteiger partial charge in [-0.2, -0.15) is 5.26 Å². The summed E-state index contributed by atoms with van der Waals surface area (Å²) in [5.41, 5.74) is 1.16. The van der Waals surface area contributed by atoms with E-state index in [2.05, 4.69) is 38.2 Å². The van der Waals surface area contributed by atoms with Crippen molar-refractivity contribution in [1.29, 1.82) is 5.26 Å². The average molecular weight is 303 g/mol. The maximum Gasteiger partial charge on any atom is 0.252 e. The largest absolute Gasteiger partial charge is 0.252 e. The van der Waals surface area contributed by atoms with Gasteiger partial charge in [0, 0.05) is 11.0 Å². The van der Waals surface area contributed by atoms with Gasteiger partial charge in [0.25, 0.3) is 5.82 Å². The molecule has 0 fully saturated rings. The zero-order valence-electron chi connectivity index (χ0n) is 9.62. The molecule has 90 valence electrons. The Labute approximate surface area is 114 Å². The van der Waals surface area contributed by atoms with Crippen LogP contribution in [0, 0.1) is 11.3 Å². The molecule has 2 rings (SSSR count). The Morgan fingerprint density at radius 1 is 1.33 bits per heavy atom. The monoisotopic (exact) mass is 302 g/mol. The van der Waals surface area contributed by atoms with E-state index in [1.165, 1.54) is 0 Å². The molecule has 0 N–H and O–H groups in total. The molecular formula is C13H11BrN4. The molecule has 0 aliphatic heterocycles. The maximum absolute atomic E-state index is 8.59. The van der Waals surface area contributed by atoms with E-state index < -0.39 is 0 Å². The van der Waals surface area contributed by atoms with E-state index in [0.29, 0.717) is 0 Å². The lowest BCUT2D eigenvalue weighted by Gasteiger charge is -1.96. The Hall–Kier alpha value is -1.93. The van der Waals surface area contributed by atoms with Crippen molar-refractivity contribution in [2.24, 2.45) is 0 Å². The van der Waals surface area contributed by atoms with Crippen molar-refractivity contribution in [2.45, 2.75) is 13.0 Å². The number of rotatable bonds is 4. The second-order valence-electron chi connectivity index (χ2n) is 3.69. The van der Waals surface area contributed by atoms with Crippen LogP contribution in [-0.4, -0.2) is 14.8 Å². The van der Waals surface area contributed by atoms with E-state index >= 15 is 0 Å². The Kier molecular flexibility index (Phi) is 4.26. The molecule has 1 aromatic carbocycles. The fraction of sp³-hybridized carbons (Fsp3) is 0.154. The summed E-state index contributed by atoms with van der Waals surface area (Å²) in [5.74, 6) is 0.215. The number of halogens is 1. The third kappa shape index (κ3) is 3.54. The molecule has 1 aromatic heterocycles. The standard InChI is InChI=1S/C13H11BrN4/c14-12-6-4-11(5-7-12)3-1-2-8-18-10-16-13(9-15)17-18/h1,3-7,10H,2,8H2/b3-1-. The van der Waals surface area contributed by atoms with Gasteiger partial charge in [-0.3, -0.25) is 4.68 Å². The second kappa shape index (κ2) is 6.12. The molecule has 0 unspecified atom stereocenters. The smallest absolute Gasteiger partial charge is 0.251 e. The van der Waals surface area contributed by atoms with Crippen LogP contribution in [0.25, 0.3) is 6.08 Å². The molecule has 0 aliphatic rings. The Bertz CT molecular complexity index is 578.